The monoisotopic (exact) mass is 402 g/mol. The van der Waals surface area contributed by atoms with Crippen molar-refractivity contribution in [3.8, 4) is 5.82 Å². The van der Waals surface area contributed by atoms with Crippen LogP contribution in [0.4, 0.5) is 18.9 Å². The molecule has 0 atom stereocenters. The zero-order valence-corrected chi connectivity index (χ0v) is 16.5. The van der Waals surface area contributed by atoms with Gasteiger partial charge in [0.1, 0.15) is 0 Å². The van der Waals surface area contributed by atoms with Gasteiger partial charge in [0.2, 0.25) is 0 Å². The molecule has 0 bridgehead atoms. The van der Waals surface area contributed by atoms with Gasteiger partial charge in [0.15, 0.2) is 5.82 Å². The molecule has 152 valence electrons. The van der Waals surface area contributed by atoms with E-state index in [4.69, 9.17) is 0 Å². The number of nitrogens with zero attached hydrogens (tertiary/aromatic N) is 3. The normalized spacial score (nSPS) is 11.7. The SMILES string of the molecule is Cc1ccc(NC(=O)c2cnn(-c3ccc(C(F)(F)F)cn3)c2C(C)C)cc1C. The number of halogens is 3. The number of anilines is 1. The quantitative estimate of drug-likeness (QED) is 0.646. The Labute approximate surface area is 166 Å². The maximum Gasteiger partial charge on any atom is 0.417 e. The van der Waals surface area contributed by atoms with Gasteiger partial charge in [-0.1, -0.05) is 19.9 Å². The molecule has 5 nitrogen and oxygen atoms in total. The standard InChI is InChI=1S/C21H21F3N4O/c1-12(2)19-17(20(29)27-16-7-5-13(3)14(4)9-16)11-26-28(19)18-8-6-15(10-25-18)21(22,23)24/h5-12H,1-4H3,(H,27,29). The minimum absolute atomic E-state index is 0.109. The predicted octanol–water partition coefficient (Wildman–Crippen LogP) is 5.28. The van der Waals surface area contributed by atoms with Crippen LogP contribution in [0, 0.1) is 13.8 Å². The number of aryl methyl sites for hydroxylation is 2. The first-order valence-corrected chi connectivity index (χ1v) is 9.08. The summed E-state index contributed by atoms with van der Waals surface area (Å²) < 4.78 is 39.8. The van der Waals surface area contributed by atoms with E-state index in [-0.39, 0.29) is 17.6 Å². The van der Waals surface area contributed by atoms with Crippen molar-refractivity contribution >= 4 is 11.6 Å². The molecule has 3 aromatic rings. The molecule has 0 radical (unpaired) electrons. The Bertz CT molecular complexity index is 1040. The lowest BCUT2D eigenvalue weighted by Gasteiger charge is -2.13. The van der Waals surface area contributed by atoms with Crippen LogP contribution in [0.3, 0.4) is 0 Å². The van der Waals surface area contributed by atoms with Crippen molar-refractivity contribution < 1.29 is 18.0 Å². The number of aromatic nitrogens is 3. The van der Waals surface area contributed by atoms with Gasteiger partial charge in [-0.3, -0.25) is 4.79 Å². The summed E-state index contributed by atoms with van der Waals surface area (Å²) in [5, 5.41) is 7.06. The summed E-state index contributed by atoms with van der Waals surface area (Å²) in [6.07, 6.45) is -2.30. The average Bonchev–Trinajstić information content (AvgIpc) is 3.10. The van der Waals surface area contributed by atoms with Gasteiger partial charge in [-0.05, 0) is 55.2 Å². The molecule has 0 aliphatic rings. The van der Waals surface area contributed by atoms with Gasteiger partial charge in [0.05, 0.1) is 23.0 Å². The fourth-order valence-corrected chi connectivity index (χ4v) is 2.97. The van der Waals surface area contributed by atoms with Gasteiger partial charge < -0.3 is 5.32 Å². The van der Waals surface area contributed by atoms with E-state index < -0.39 is 11.7 Å². The highest BCUT2D eigenvalue weighted by molar-refractivity contribution is 6.05. The molecule has 1 N–H and O–H groups in total. The highest BCUT2D eigenvalue weighted by Gasteiger charge is 2.31. The average molecular weight is 402 g/mol. The number of amides is 1. The molecule has 0 aliphatic carbocycles. The molecule has 1 aromatic carbocycles. The first-order chi connectivity index (χ1) is 13.6. The molecule has 0 saturated carbocycles. The van der Waals surface area contributed by atoms with E-state index in [9.17, 15) is 18.0 Å². The molecule has 2 heterocycles. The van der Waals surface area contributed by atoms with Crippen molar-refractivity contribution in [1.29, 1.82) is 0 Å². The van der Waals surface area contributed by atoms with Crippen molar-refractivity contribution in [3.05, 3.63) is 70.7 Å². The van der Waals surface area contributed by atoms with Gasteiger partial charge in [-0.2, -0.15) is 18.3 Å². The zero-order chi connectivity index (χ0) is 21.3. The van der Waals surface area contributed by atoms with Crippen LogP contribution in [0.5, 0.6) is 0 Å². The number of carbonyl (C=O) groups is 1. The summed E-state index contributed by atoms with van der Waals surface area (Å²) in [6.45, 7) is 7.70. The van der Waals surface area contributed by atoms with Gasteiger partial charge in [0.25, 0.3) is 5.91 Å². The molecule has 0 spiro atoms. The molecular formula is C21H21F3N4O. The Kier molecular flexibility index (Phi) is 5.46. The summed E-state index contributed by atoms with van der Waals surface area (Å²) in [6, 6.07) is 7.81. The van der Waals surface area contributed by atoms with Crippen molar-refractivity contribution in [2.45, 2.75) is 39.8 Å². The first kappa shape index (κ1) is 20.6. The van der Waals surface area contributed by atoms with E-state index in [0.29, 0.717) is 16.9 Å². The summed E-state index contributed by atoms with van der Waals surface area (Å²) in [4.78, 5) is 16.7. The number of benzene rings is 1. The van der Waals surface area contributed by atoms with Crippen LogP contribution in [0.2, 0.25) is 0 Å². The Morgan fingerprint density at radius 1 is 1.07 bits per heavy atom. The highest BCUT2D eigenvalue weighted by atomic mass is 19.4. The fraction of sp³-hybridized carbons (Fsp3) is 0.286. The lowest BCUT2D eigenvalue weighted by Crippen LogP contribution is -2.16. The Morgan fingerprint density at radius 2 is 1.79 bits per heavy atom. The lowest BCUT2D eigenvalue weighted by atomic mass is 10.0. The Balaban J connectivity index is 1.94. The maximum atomic E-state index is 12.8. The van der Waals surface area contributed by atoms with Gasteiger partial charge in [0, 0.05) is 11.9 Å². The minimum atomic E-state index is -4.46. The van der Waals surface area contributed by atoms with Crippen LogP contribution in [0.25, 0.3) is 5.82 Å². The van der Waals surface area contributed by atoms with E-state index in [0.717, 1.165) is 23.4 Å². The zero-order valence-electron chi connectivity index (χ0n) is 16.5. The highest BCUT2D eigenvalue weighted by Crippen LogP contribution is 2.29. The smallest absolute Gasteiger partial charge is 0.322 e. The number of rotatable bonds is 4. The van der Waals surface area contributed by atoms with Crippen LogP contribution in [-0.4, -0.2) is 20.7 Å². The van der Waals surface area contributed by atoms with Crippen LogP contribution < -0.4 is 5.32 Å². The van der Waals surface area contributed by atoms with Crippen LogP contribution >= 0.6 is 0 Å². The molecule has 0 saturated heterocycles. The minimum Gasteiger partial charge on any atom is -0.322 e. The van der Waals surface area contributed by atoms with Gasteiger partial charge in [-0.15, -0.1) is 0 Å². The third-order valence-corrected chi connectivity index (χ3v) is 4.65. The van der Waals surface area contributed by atoms with E-state index in [1.165, 1.54) is 16.9 Å². The Hall–Kier alpha value is -3.16. The second-order valence-electron chi connectivity index (χ2n) is 7.17. The van der Waals surface area contributed by atoms with Gasteiger partial charge >= 0.3 is 6.18 Å². The predicted molar refractivity (Wildman–Crippen MR) is 104 cm³/mol. The van der Waals surface area contributed by atoms with Gasteiger partial charge in [-0.25, -0.2) is 9.67 Å². The lowest BCUT2D eigenvalue weighted by molar-refractivity contribution is -0.137. The van der Waals surface area contributed by atoms with E-state index in [1.807, 2.05) is 45.9 Å². The summed E-state index contributed by atoms with van der Waals surface area (Å²) in [5.41, 5.74) is 2.91. The van der Waals surface area contributed by atoms with Crippen molar-refractivity contribution in [2.75, 3.05) is 5.32 Å². The summed E-state index contributed by atoms with van der Waals surface area (Å²) >= 11 is 0. The second-order valence-corrected chi connectivity index (χ2v) is 7.17. The molecule has 2 aromatic heterocycles. The Morgan fingerprint density at radius 3 is 2.34 bits per heavy atom. The molecule has 29 heavy (non-hydrogen) atoms. The van der Waals surface area contributed by atoms with Crippen LogP contribution in [0.1, 0.15) is 52.5 Å². The second kappa shape index (κ2) is 7.69. The topological polar surface area (TPSA) is 59.8 Å². The number of hydrogen-bond donors (Lipinski definition) is 1. The van der Waals surface area contributed by atoms with Crippen molar-refractivity contribution in [3.63, 3.8) is 0 Å². The molecule has 1 amide bonds. The number of carbonyl (C=O) groups excluding carboxylic acids is 1. The summed E-state index contributed by atoms with van der Waals surface area (Å²) in [7, 11) is 0. The third kappa shape index (κ3) is 4.31. The first-order valence-electron chi connectivity index (χ1n) is 9.08. The molecule has 8 heteroatoms. The van der Waals surface area contributed by atoms with Crippen molar-refractivity contribution in [2.24, 2.45) is 0 Å². The van der Waals surface area contributed by atoms with E-state index in [1.54, 1.807) is 0 Å². The van der Waals surface area contributed by atoms with Crippen LogP contribution in [-0.2, 0) is 6.18 Å². The van der Waals surface area contributed by atoms with E-state index >= 15 is 0 Å². The van der Waals surface area contributed by atoms with Crippen LogP contribution in [0.15, 0.2) is 42.7 Å². The maximum absolute atomic E-state index is 12.8. The molecule has 0 unspecified atom stereocenters. The molecular weight excluding hydrogens is 381 g/mol. The summed E-state index contributed by atoms with van der Waals surface area (Å²) in [5.74, 6) is -0.232. The molecule has 3 rings (SSSR count). The number of hydrogen-bond acceptors (Lipinski definition) is 3. The third-order valence-electron chi connectivity index (χ3n) is 4.65. The fourth-order valence-electron chi connectivity index (χ4n) is 2.97. The molecule has 0 aliphatic heterocycles. The van der Waals surface area contributed by atoms with E-state index in [2.05, 4.69) is 15.4 Å². The largest absolute Gasteiger partial charge is 0.417 e. The molecule has 0 fully saturated rings. The number of alkyl halides is 3. The number of pyridine rings is 1. The van der Waals surface area contributed by atoms with Crippen molar-refractivity contribution in [1.82, 2.24) is 14.8 Å². The number of nitrogens with one attached hydrogen (secondary N) is 1.